The van der Waals surface area contributed by atoms with Gasteiger partial charge in [-0.25, -0.2) is 4.79 Å². The first kappa shape index (κ1) is 20.8. The minimum Gasteiger partial charge on any atom is -0.508 e. The zero-order valence-corrected chi connectivity index (χ0v) is 18.7. The van der Waals surface area contributed by atoms with Crippen molar-refractivity contribution in [2.75, 3.05) is 25.5 Å². The highest BCUT2D eigenvalue weighted by molar-refractivity contribution is 5.89. The van der Waals surface area contributed by atoms with Crippen LogP contribution in [-0.4, -0.2) is 53.2 Å². The van der Waals surface area contributed by atoms with Gasteiger partial charge >= 0.3 is 6.03 Å². The van der Waals surface area contributed by atoms with Crippen molar-refractivity contribution in [2.24, 2.45) is 5.92 Å². The van der Waals surface area contributed by atoms with Crippen LogP contribution in [-0.2, 0) is 11.8 Å². The number of aromatic hydroxyl groups is 1. The quantitative estimate of drug-likeness (QED) is 0.766. The van der Waals surface area contributed by atoms with Crippen molar-refractivity contribution in [1.29, 1.82) is 5.26 Å². The number of nitrogens with zero attached hydrogens (tertiary/aromatic N) is 3. The van der Waals surface area contributed by atoms with Crippen LogP contribution < -0.4 is 5.32 Å². The number of phenolic OH excluding ortho intramolecular Hbond substituents is 1. The molecule has 0 aromatic heterocycles. The Labute approximate surface area is 189 Å². The number of likely N-dealkylation sites (N-methyl/N-ethyl adjacent to an activating group) is 1. The minimum atomic E-state index is -0.228. The SMILES string of the molecule is CN(C(=O)Nc1ccc(C#N)cc1)[C@H]1C2Cc3ccc(O)cc3[C@]1(C)CCN2CC1CC1. The van der Waals surface area contributed by atoms with Crippen molar-refractivity contribution in [2.45, 2.75) is 50.1 Å². The number of hydrogen-bond acceptors (Lipinski definition) is 4. The van der Waals surface area contributed by atoms with Crippen LogP contribution in [0.5, 0.6) is 5.75 Å². The van der Waals surface area contributed by atoms with E-state index in [2.05, 4.69) is 29.3 Å². The Morgan fingerprint density at radius 1 is 1.28 bits per heavy atom. The predicted octanol–water partition coefficient (Wildman–Crippen LogP) is 4.09. The molecule has 1 saturated carbocycles. The average Bonchev–Trinajstić information content (AvgIpc) is 3.60. The number of rotatable bonds is 4. The molecule has 1 heterocycles. The van der Waals surface area contributed by atoms with Gasteiger partial charge in [0.15, 0.2) is 0 Å². The maximum Gasteiger partial charge on any atom is 0.321 e. The number of amides is 2. The molecule has 3 aliphatic rings. The molecule has 0 spiro atoms. The number of urea groups is 1. The smallest absolute Gasteiger partial charge is 0.321 e. The predicted molar refractivity (Wildman–Crippen MR) is 124 cm³/mol. The fourth-order valence-electron chi connectivity index (χ4n) is 5.86. The molecular formula is C26H30N4O2. The second-order valence-electron chi connectivity index (χ2n) is 9.89. The summed E-state index contributed by atoms with van der Waals surface area (Å²) in [6, 6.07) is 14.9. The largest absolute Gasteiger partial charge is 0.508 e. The van der Waals surface area contributed by atoms with Crippen molar-refractivity contribution in [3.8, 4) is 11.8 Å². The van der Waals surface area contributed by atoms with Crippen molar-refractivity contribution < 1.29 is 9.90 Å². The van der Waals surface area contributed by atoms with Gasteiger partial charge in [0.1, 0.15) is 5.75 Å². The number of fused-ring (bicyclic) bond motifs is 4. The summed E-state index contributed by atoms with van der Waals surface area (Å²) < 4.78 is 0. The lowest BCUT2D eigenvalue weighted by atomic mass is 9.61. The first-order chi connectivity index (χ1) is 15.4. The average molecular weight is 431 g/mol. The number of carbonyl (C=O) groups is 1. The molecule has 32 heavy (non-hydrogen) atoms. The number of phenols is 1. The van der Waals surface area contributed by atoms with E-state index in [0.717, 1.165) is 31.8 Å². The van der Waals surface area contributed by atoms with Gasteiger partial charge in [-0.15, -0.1) is 0 Å². The van der Waals surface area contributed by atoms with Crippen LogP contribution in [0.3, 0.4) is 0 Å². The fraction of sp³-hybridized carbons (Fsp3) is 0.462. The van der Waals surface area contributed by atoms with E-state index < -0.39 is 0 Å². The van der Waals surface area contributed by atoms with Crippen molar-refractivity contribution >= 4 is 11.7 Å². The number of likely N-dealkylation sites (tertiary alicyclic amines) is 1. The minimum absolute atomic E-state index is 0.00248. The zero-order valence-electron chi connectivity index (χ0n) is 18.7. The first-order valence-corrected chi connectivity index (χ1v) is 11.5. The number of hydrogen-bond donors (Lipinski definition) is 2. The van der Waals surface area contributed by atoms with Crippen LogP contribution in [0.2, 0.25) is 0 Å². The van der Waals surface area contributed by atoms with E-state index in [0.29, 0.717) is 11.3 Å². The first-order valence-electron chi connectivity index (χ1n) is 11.5. The van der Waals surface area contributed by atoms with Gasteiger partial charge in [0, 0.05) is 30.7 Å². The van der Waals surface area contributed by atoms with Gasteiger partial charge in [0.05, 0.1) is 17.7 Å². The second-order valence-corrected chi connectivity index (χ2v) is 9.89. The van der Waals surface area contributed by atoms with Crippen LogP contribution in [0.15, 0.2) is 42.5 Å². The highest BCUT2D eigenvalue weighted by Crippen LogP contribution is 2.48. The zero-order chi connectivity index (χ0) is 22.5. The molecule has 6 heteroatoms. The topological polar surface area (TPSA) is 79.6 Å². The lowest BCUT2D eigenvalue weighted by Gasteiger charge is -2.58. The van der Waals surface area contributed by atoms with Crippen molar-refractivity contribution in [3.05, 3.63) is 59.2 Å². The Morgan fingerprint density at radius 3 is 2.72 bits per heavy atom. The fourth-order valence-corrected chi connectivity index (χ4v) is 5.86. The van der Waals surface area contributed by atoms with E-state index >= 15 is 0 Å². The van der Waals surface area contributed by atoms with Crippen LogP contribution >= 0.6 is 0 Å². The molecule has 2 N–H and O–H groups in total. The maximum absolute atomic E-state index is 13.3. The number of carbonyl (C=O) groups excluding carboxylic acids is 1. The third-order valence-corrected chi connectivity index (χ3v) is 7.73. The second kappa shape index (κ2) is 7.83. The summed E-state index contributed by atoms with van der Waals surface area (Å²) in [4.78, 5) is 17.8. The Balaban J connectivity index is 1.46. The standard InChI is InChI=1S/C26H30N4O2/c1-26-11-12-30(16-18-3-4-18)23(13-19-7-10-21(31)14-22(19)26)24(26)29(2)25(32)28-20-8-5-17(15-27)6-9-20/h5-10,14,18,23-24,31H,3-4,11-13,16H2,1-2H3,(H,28,32)/t23?,24-,26-/m0/s1. The Morgan fingerprint density at radius 2 is 2.03 bits per heavy atom. The number of nitrogens with one attached hydrogen (secondary N) is 1. The number of anilines is 1. The van der Waals surface area contributed by atoms with E-state index in [-0.39, 0.29) is 29.3 Å². The van der Waals surface area contributed by atoms with Crippen LogP contribution in [0.4, 0.5) is 10.5 Å². The Bertz CT molecular complexity index is 1070. The third kappa shape index (κ3) is 3.61. The molecule has 2 fully saturated rings. The van der Waals surface area contributed by atoms with E-state index in [1.807, 2.05) is 18.0 Å². The molecule has 2 aliphatic carbocycles. The van der Waals surface area contributed by atoms with E-state index in [1.54, 1.807) is 30.3 Å². The van der Waals surface area contributed by atoms with Crippen LogP contribution in [0.1, 0.15) is 42.9 Å². The monoisotopic (exact) mass is 430 g/mol. The molecule has 1 saturated heterocycles. The van der Waals surface area contributed by atoms with Gasteiger partial charge in [-0.2, -0.15) is 5.26 Å². The molecular weight excluding hydrogens is 400 g/mol. The van der Waals surface area contributed by atoms with E-state index in [4.69, 9.17) is 5.26 Å². The summed E-state index contributed by atoms with van der Waals surface area (Å²) in [5.74, 6) is 1.08. The van der Waals surface area contributed by atoms with Crippen molar-refractivity contribution in [3.63, 3.8) is 0 Å². The maximum atomic E-state index is 13.3. The van der Waals surface area contributed by atoms with Crippen LogP contribution in [0.25, 0.3) is 0 Å². The molecule has 1 unspecified atom stereocenters. The number of nitriles is 1. The summed E-state index contributed by atoms with van der Waals surface area (Å²) in [5.41, 5.74) is 3.47. The molecule has 5 rings (SSSR count). The molecule has 2 amide bonds. The van der Waals surface area contributed by atoms with Gasteiger partial charge in [-0.3, -0.25) is 4.90 Å². The number of piperidine rings is 1. The molecule has 1 aliphatic heterocycles. The van der Waals surface area contributed by atoms with E-state index in [9.17, 15) is 9.90 Å². The molecule has 6 nitrogen and oxygen atoms in total. The Kier molecular flexibility index (Phi) is 5.10. The number of benzene rings is 2. The molecule has 2 aromatic rings. The highest BCUT2D eigenvalue weighted by Gasteiger charge is 2.53. The van der Waals surface area contributed by atoms with Crippen LogP contribution in [0, 0.1) is 17.2 Å². The van der Waals surface area contributed by atoms with Gasteiger partial charge in [-0.1, -0.05) is 13.0 Å². The summed E-state index contributed by atoms with van der Waals surface area (Å²) in [5, 5.41) is 22.2. The molecule has 166 valence electrons. The molecule has 2 aromatic carbocycles. The lowest BCUT2D eigenvalue weighted by molar-refractivity contribution is 0.00456. The highest BCUT2D eigenvalue weighted by atomic mass is 16.3. The summed E-state index contributed by atoms with van der Waals surface area (Å²) in [6.07, 6.45) is 4.46. The third-order valence-electron chi connectivity index (χ3n) is 7.73. The van der Waals surface area contributed by atoms with Gasteiger partial charge < -0.3 is 15.3 Å². The normalized spacial score (nSPS) is 26.7. The van der Waals surface area contributed by atoms with Crippen molar-refractivity contribution in [1.82, 2.24) is 9.80 Å². The molecule has 3 atom stereocenters. The lowest BCUT2D eigenvalue weighted by Crippen LogP contribution is -2.68. The molecule has 2 bridgehead atoms. The van der Waals surface area contributed by atoms with Gasteiger partial charge in [0.25, 0.3) is 0 Å². The Hall–Kier alpha value is -3.04. The molecule has 0 radical (unpaired) electrons. The van der Waals surface area contributed by atoms with E-state index in [1.165, 1.54) is 24.0 Å². The van der Waals surface area contributed by atoms with Gasteiger partial charge in [-0.05, 0) is 85.7 Å². The summed E-state index contributed by atoms with van der Waals surface area (Å²) in [6.45, 7) is 4.38. The van der Waals surface area contributed by atoms with Gasteiger partial charge in [0.2, 0.25) is 0 Å². The summed E-state index contributed by atoms with van der Waals surface area (Å²) >= 11 is 0. The summed E-state index contributed by atoms with van der Waals surface area (Å²) in [7, 11) is 1.89.